The highest BCUT2D eigenvalue weighted by molar-refractivity contribution is 7.87. The lowest BCUT2D eigenvalue weighted by Gasteiger charge is -2.11. The molecule has 114 valence electrons. The van der Waals surface area contributed by atoms with E-state index in [9.17, 15) is 13.5 Å². The van der Waals surface area contributed by atoms with Crippen molar-refractivity contribution in [3.63, 3.8) is 0 Å². The van der Waals surface area contributed by atoms with Gasteiger partial charge in [0.15, 0.2) is 0 Å². The van der Waals surface area contributed by atoms with Crippen molar-refractivity contribution >= 4 is 10.1 Å². The molecule has 0 heterocycles. The molecule has 0 bridgehead atoms. The van der Waals surface area contributed by atoms with Gasteiger partial charge in [-0.15, -0.1) is 0 Å². The van der Waals surface area contributed by atoms with Crippen molar-refractivity contribution in [2.75, 3.05) is 0 Å². The fraction of sp³-hybridized carbons (Fsp3) is 0.188. The van der Waals surface area contributed by atoms with Crippen molar-refractivity contribution in [2.24, 2.45) is 0 Å². The molecule has 0 atom stereocenters. The number of nitriles is 1. The van der Waals surface area contributed by atoms with E-state index in [1.807, 2.05) is 13.0 Å². The summed E-state index contributed by atoms with van der Waals surface area (Å²) in [4.78, 5) is 0.0445. The van der Waals surface area contributed by atoms with Crippen LogP contribution in [0.25, 0.3) is 0 Å². The summed E-state index contributed by atoms with van der Waals surface area (Å²) in [6, 6.07) is 12.9. The lowest BCUT2D eigenvalue weighted by atomic mass is 10.1. The number of hydrogen-bond donors (Lipinski definition) is 1. The third kappa shape index (κ3) is 3.64. The smallest absolute Gasteiger partial charge is 0.339 e. The third-order valence-electron chi connectivity index (χ3n) is 3.09. The summed E-state index contributed by atoms with van der Waals surface area (Å²) in [6.45, 7) is 1.48. The average Bonchev–Trinajstić information content (AvgIpc) is 2.49. The van der Waals surface area contributed by atoms with Crippen molar-refractivity contribution in [1.29, 1.82) is 5.26 Å². The van der Waals surface area contributed by atoms with Gasteiger partial charge in [0.2, 0.25) is 0 Å². The number of rotatable bonds is 5. The minimum Gasteiger partial charge on any atom is -0.392 e. The van der Waals surface area contributed by atoms with Gasteiger partial charge in [-0.1, -0.05) is 23.8 Å². The molecular weight excluding hydrogens is 302 g/mol. The number of aliphatic hydroxyl groups is 1. The van der Waals surface area contributed by atoms with Gasteiger partial charge in [0.25, 0.3) is 0 Å². The average molecular weight is 317 g/mol. The number of benzene rings is 2. The molecule has 0 amide bonds. The first kappa shape index (κ1) is 16.0. The minimum atomic E-state index is -3.96. The topological polar surface area (TPSA) is 87.4 Å². The second kappa shape index (κ2) is 6.60. The first-order valence-corrected chi connectivity index (χ1v) is 7.98. The van der Waals surface area contributed by atoms with Crippen LogP contribution in [0.15, 0.2) is 47.4 Å². The normalized spacial score (nSPS) is 11.0. The molecule has 0 aliphatic carbocycles. The van der Waals surface area contributed by atoms with Gasteiger partial charge in [0.05, 0.1) is 19.1 Å². The van der Waals surface area contributed by atoms with Gasteiger partial charge in [-0.3, -0.25) is 0 Å². The molecule has 0 aliphatic heterocycles. The second-order valence-corrected chi connectivity index (χ2v) is 6.33. The molecule has 0 spiro atoms. The first-order chi connectivity index (χ1) is 10.5. The van der Waals surface area contributed by atoms with Crippen molar-refractivity contribution in [3.05, 3.63) is 59.2 Å². The molecule has 2 aromatic rings. The first-order valence-electron chi connectivity index (χ1n) is 6.57. The summed E-state index contributed by atoms with van der Waals surface area (Å²) >= 11 is 0. The van der Waals surface area contributed by atoms with E-state index in [0.717, 1.165) is 5.56 Å². The molecule has 2 aromatic carbocycles. The summed E-state index contributed by atoms with van der Waals surface area (Å²) in [5.74, 6) is 0.0600. The molecule has 0 aromatic heterocycles. The lowest BCUT2D eigenvalue weighted by Crippen LogP contribution is -2.11. The molecule has 0 aliphatic rings. The summed E-state index contributed by atoms with van der Waals surface area (Å²) in [5, 5.41) is 18.0. The Balaban J connectivity index is 2.33. The number of nitrogens with zero attached hydrogens (tertiary/aromatic N) is 1. The second-order valence-electron chi connectivity index (χ2n) is 4.79. The van der Waals surface area contributed by atoms with E-state index in [4.69, 9.17) is 9.44 Å². The quantitative estimate of drug-likeness (QED) is 0.855. The molecule has 22 heavy (non-hydrogen) atoms. The van der Waals surface area contributed by atoms with Crippen LogP contribution in [0.4, 0.5) is 0 Å². The molecule has 0 saturated carbocycles. The van der Waals surface area contributed by atoms with E-state index in [0.29, 0.717) is 11.1 Å². The van der Waals surface area contributed by atoms with Crippen LogP contribution in [0.2, 0.25) is 0 Å². The molecule has 0 fully saturated rings. The standard InChI is InChI=1S/C16H15NO4S/c1-12-2-5-15(6-3-12)22(19,20)21-16-7-4-13(8-9-17)10-14(16)11-18/h2-7,10,18H,8,11H2,1H3. The van der Waals surface area contributed by atoms with Gasteiger partial charge < -0.3 is 9.29 Å². The van der Waals surface area contributed by atoms with E-state index in [1.165, 1.54) is 18.2 Å². The van der Waals surface area contributed by atoms with Crippen molar-refractivity contribution in [2.45, 2.75) is 24.8 Å². The largest absolute Gasteiger partial charge is 0.392 e. The van der Waals surface area contributed by atoms with Crippen molar-refractivity contribution in [3.8, 4) is 11.8 Å². The minimum absolute atomic E-state index is 0.0445. The van der Waals surface area contributed by atoms with Crippen LogP contribution >= 0.6 is 0 Å². The molecule has 0 saturated heterocycles. The molecule has 2 rings (SSSR count). The Bertz CT molecular complexity index is 805. The van der Waals surface area contributed by atoms with E-state index in [2.05, 4.69) is 0 Å². The molecule has 0 unspecified atom stereocenters. The Labute approximate surface area is 129 Å². The van der Waals surface area contributed by atoms with Crippen LogP contribution in [0, 0.1) is 18.3 Å². The number of aliphatic hydroxyl groups excluding tert-OH is 1. The molecule has 5 nitrogen and oxygen atoms in total. The van der Waals surface area contributed by atoms with Gasteiger partial charge in [-0.05, 0) is 36.8 Å². The third-order valence-corrected chi connectivity index (χ3v) is 4.34. The maximum atomic E-state index is 12.2. The van der Waals surface area contributed by atoms with Gasteiger partial charge in [0.1, 0.15) is 10.6 Å². The highest BCUT2D eigenvalue weighted by Crippen LogP contribution is 2.25. The summed E-state index contributed by atoms with van der Waals surface area (Å²) in [7, 11) is -3.96. The molecule has 6 heteroatoms. The SMILES string of the molecule is Cc1ccc(S(=O)(=O)Oc2ccc(CC#N)cc2CO)cc1. The molecule has 1 N–H and O–H groups in total. The van der Waals surface area contributed by atoms with Crippen LogP contribution < -0.4 is 4.18 Å². The highest BCUT2D eigenvalue weighted by Gasteiger charge is 2.18. The zero-order valence-electron chi connectivity index (χ0n) is 12.0. The van der Waals surface area contributed by atoms with Gasteiger partial charge in [-0.25, -0.2) is 0 Å². The van der Waals surface area contributed by atoms with Crippen molar-refractivity contribution < 1.29 is 17.7 Å². The lowest BCUT2D eigenvalue weighted by molar-refractivity contribution is 0.278. The van der Waals surface area contributed by atoms with E-state index in [1.54, 1.807) is 24.3 Å². The van der Waals surface area contributed by atoms with Crippen LogP contribution in [-0.2, 0) is 23.1 Å². The number of aryl methyl sites for hydroxylation is 1. The summed E-state index contributed by atoms with van der Waals surface area (Å²) in [6.07, 6.45) is 0.179. The van der Waals surface area contributed by atoms with Crippen LogP contribution in [0.3, 0.4) is 0 Å². The van der Waals surface area contributed by atoms with Gasteiger partial charge in [-0.2, -0.15) is 13.7 Å². The predicted octanol–water partition coefficient (Wildman–Crippen LogP) is 2.32. The number of hydrogen-bond acceptors (Lipinski definition) is 5. The Hall–Kier alpha value is -2.36. The Morgan fingerprint density at radius 2 is 1.86 bits per heavy atom. The molecule has 0 radical (unpaired) electrons. The monoisotopic (exact) mass is 317 g/mol. The maximum absolute atomic E-state index is 12.2. The van der Waals surface area contributed by atoms with E-state index in [-0.39, 0.29) is 23.7 Å². The highest BCUT2D eigenvalue weighted by atomic mass is 32.2. The van der Waals surface area contributed by atoms with Crippen LogP contribution in [-0.4, -0.2) is 13.5 Å². The van der Waals surface area contributed by atoms with E-state index < -0.39 is 10.1 Å². The Morgan fingerprint density at radius 3 is 2.45 bits per heavy atom. The fourth-order valence-electron chi connectivity index (χ4n) is 1.91. The zero-order valence-corrected chi connectivity index (χ0v) is 12.8. The van der Waals surface area contributed by atoms with Crippen LogP contribution in [0.1, 0.15) is 16.7 Å². The van der Waals surface area contributed by atoms with Crippen LogP contribution in [0.5, 0.6) is 5.75 Å². The predicted molar refractivity (Wildman–Crippen MR) is 80.7 cm³/mol. The zero-order chi connectivity index (χ0) is 16.2. The summed E-state index contributed by atoms with van der Waals surface area (Å²) < 4.78 is 29.6. The Kier molecular flexibility index (Phi) is 4.81. The Morgan fingerprint density at radius 1 is 1.18 bits per heavy atom. The maximum Gasteiger partial charge on any atom is 0.339 e. The van der Waals surface area contributed by atoms with Gasteiger partial charge >= 0.3 is 10.1 Å². The van der Waals surface area contributed by atoms with Crippen molar-refractivity contribution in [1.82, 2.24) is 0 Å². The summed E-state index contributed by atoms with van der Waals surface area (Å²) in [5.41, 5.74) is 1.95. The van der Waals surface area contributed by atoms with E-state index >= 15 is 0 Å². The molecular formula is C16H15NO4S. The fourth-order valence-corrected chi connectivity index (χ4v) is 2.87. The van der Waals surface area contributed by atoms with Gasteiger partial charge in [0, 0.05) is 5.56 Å².